The summed E-state index contributed by atoms with van der Waals surface area (Å²) in [5.74, 6) is 0.858. The van der Waals surface area contributed by atoms with Gasteiger partial charge in [-0.15, -0.1) is 24.8 Å². The standard InChI is InChI=1S/C25H24N4O.2ClH/c1-28(2)16-8-15-26-19-13-14-20-23-22(19)24(30)18-11-6-7-12-21(18)29(23)25(27-20)17-9-4-3-5-10-17;;/h3-7,9-14,26H,8,15-16H2,1-2H3;2*1H. The molecule has 0 aliphatic carbocycles. The average Bonchev–Trinajstić information content (AvgIpc) is 3.16. The van der Waals surface area contributed by atoms with E-state index in [1.165, 1.54) is 0 Å². The summed E-state index contributed by atoms with van der Waals surface area (Å²) in [7, 11) is 4.14. The van der Waals surface area contributed by atoms with Crippen molar-refractivity contribution in [2.75, 3.05) is 32.5 Å². The highest BCUT2D eigenvalue weighted by Gasteiger charge is 2.20. The third kappa shape index (κ3) is 3.99. The number of imidazole rings is 1. The van der Waals surface area contributed by atoms with Crippen molar-refractivity contribution in [1.82, 2.24) is 14.3 Å². The highest BCUT2D eigenvalue weighted by molar-refractivity contribution is 6.08. The van der Waals surface area contributed by atoms with Crippen LogP contribution in [0.1, 0.15) is 6.42 Å². The number of hydrogen-bond donors (Lipinski definition) is 1. The number of fused-ring (bicyclic) bond motifs is 2. The number of nitrogens with zero attached hydrogens (tertiary/aromatic N) is 3. The van der Waals surface area contributed by atoms with E-state index < -0.39 is 0 Å². The van der Waals surface area contributed by atoms with Crippen LogP contribution in [0.25, 0.3) is 38.7 Å². The van der Waals surface area contributed by atoms with E-state index in [0.29, 0.717) is 10.8 Å². The number of rotatable bonds is 6. The lowest BCUT2D eigenvalue weighted by Gasteiger charge is -2.13. The Labute approximate surface area is 199 Å². The molecular weight excluding hydrogens is 443 g/mol. The van der Waals surface area contributed by atoms with Crippen molar-refractivity contribution in [3.63, 3.8) is 0 Å². The van der Waals surface area contributed by atoms with Crippen LogP contribution in [0.3, 0.4) is 0 Å². The van der Waals surface area contributed by atoms with Crippen molar-refractivity contribution in [1.29, 1.82) is 0 Å². The van der Waals surface area contributed by atoms with Gasteiger partial charge in [-0.05, 0) is 51.3 Å². The molecule has 0 radical (unpaired) electrons. The minimum atomic E-state index is 0. The average molecular weight is 469 g/mol. The molecule has 2 aromatic heterocycles. The number of nitrogens with one attached hydrogen (secondary N) is 1. The summed E-state index contributed by atoms with van der Waals surface area (Å²) in [6.07, 6.45) is 1.00. The van der Waals surface area contributed by atoms with Crippen molar-refractivity contribution in [3.05, 3.63) is 77.0 Å². The molecule has 0 aliphatic rings. The molecule has 0 aliphatic heterocycles. The van der Waals surface area contributed by atoms with Gasteiger partial charge in [-0.3, -0.25) is 9.20 Å². The Morgan fingerprint density at radius 1 is 0.938 bits per heavy atom. The minimum absolute atomic E-state index is 0. The normalized spacial score (nSPS) is 11.1. The van der Waals surface area contributed by atoms with Crippen LogP contribution >= 0.6 is 24.8 Å². The van der Waals surface area contributed by atoms with Crippen LogP contribution in [0, 0.1) is 0 Å². The van der Waals surface area contributed by atoms with Gasteiger partial charge in [0.1, 0.15) is 5.82 Å². The Balaban J connectivity index is 0.00000144. The first-order chi connectivity index (χ1) is 14.6. The van der Waals surface area contributed by atoms with E-state index >= 15 is 0 Å². The zero-order valence-corrected chi connectivity index (χ0v) is 19.7. The molecule has 0 fully saturated rings. The summed E-state index contributed by atoms with van der Waals surface area (Å²) < 4.78 is 2.14. The predicted octanol–water partition coefficient (Wildman–Crippen LogP) is 5.31. The lowest BCUT2D eigenvalue weighted by molar-refractivity contribution is 0.405. The first-order valence-electron chi connectivity index (χ1n) is 10.3. The zero-order valence-electron chi connectivity index (χ0n) is 18.0. The Kier molecular flexibility index (Phi) is 7.24. The van der Waals surface area contributed by atoms with Gasteiger partial charge >= 0.3 is 0 Å². The van der Waals surface area contributed by atoms with Crippen molar-refractivity contribution < 1.29 is 0 Å². The molecule has 32 heavy (non-hydrogen) atoms. The largest absolute Gasteiger partial charge is 0.384 e. The third-order valence-electron chi connectivity index (χ3n) is 5.56. The van der Waals surface area contributed by atoms with E-state index in [4.69, 9.17) is 4.98 Å². The molecule has 1 N–H and O–H groups in total. The number of pyridine rings is 1. The molecule has 0 saturated heterocycles. The van der Waals surface area contributed by atoms with Crippen LogP contribution in [-0.4, -0.2) is 41.5 Å². The Hall–Kier alpha value is -2.86. The second-order valence-corrected chi connectivity index (χ2v) is 7.92. The first kappa shape index (κ1) is 23.8. The van der Waals surface area contributed by atoms with Crippen molar-refractivity contribution in [2.45, 2.75) is 6.42 Å². The van der Waals surface area contributed by atoms with Crippen LogP contribution in [0.5, 0.6) is 0 Å². The first-order valence-corrected chi connectivity index (χ1v) is 10.3. The highest BCUT2D eigenvalue weighted by Crippen LogP contribution is 2.33. The zero-order chi connectivity index (χ0) is 20.7. The molecule has 5 nitrogen and oxygen atoms in total. The monoisotopic (exact) mass is 468 g/mol. The molecular formula is C25H26Cl2N4O. The van der Waals surface area contributed by atoms with E-state index in [0.717, 1.165) is 53.1 Å². The Morgan fingerprint density at radius 3 is 2.41 bits per heavy atom. The number of halogens is 2. The molecule has 0 amide bonds. The number of benzene rings is 3. The summed E-state index contributed by atoms with van der Waals surface area (Å²) in [5, 5.41) is 4.92. The molecule has 166 valence electrons. The van der Waals surface area contributed by atoms with Gasteiger partial charge in [0.15, 0.2) is 5.43 Å². The Bertz CT molecular complexity index is 1400. The molecule has 5 aromatic rings. The van der Waals surface area contributed by atoms with E-state index in [-0.39, 0.29) is 30.2 Å². The van der Waals surface area contributed by atoms with Crippen molar-refractivity contribution in [3.8, 4) is 11.4 Å². The lowest BCUT2D eigenvalue weighted by Crippen LogP contribution is -2.17. The van der Waals surface area contributed by atoms with Crippen LogP contribution in [0.15, 0.2) is 71.5 Å². The van der Waals surface area contributed by atoms with Gasteiger partial charge in [0.05, 0.1) is 21.9 Å². The van der Waals surface area contributed by atoms with E-state index in [9.17, 15) is 4.79 Å². The smallest absolute Gasteiger partial charge is 0.199 e. The van der Waals surface area contributed by atoms with Crippen molar-refractivity contribution in [2.24, 2.45) is 0 Å². The maximum atomic E-state index is 13.5. The van der Waals surface area contributed by atoms with Crippen LogP contribution in [0.2, 0.25) is 0 Å². The van der Waals surface area contributed by atoms with Crippen LogP contribution in [-0.2, 0) is 0 Å². The fourth-order valence-electron chi connectivity index (χ4n) is 4.17. The van der Waals surface area contributed by atoms with E-state index in [1.807, 2.05) is 54.6 Å². The minimum Gasteiger partial charge on any atom is -0.384 e. The van der Waals surface area contributed by atoms with Gasteiger partial charge in [0.2, 0.25) is 0 Å². The third-order valence-corrected chi connectivity index (χ3v) is 5.56. The number of anilines is 1. The number of aromatic nitrogens is 2. The molecule has 0 atom stereocenters. The fourth-order valence-corrected chi connectivity index (χ4v) is 4.17. The van der Waals surface area contributed by atoms with Gasteiger partial charge in [-0.1, -0.05) is 42.5 Å². The predicted molar refractivity (Wildman–Crippen MR) is 139 cm³/mol. The molecule has 0 unspecified atom stereocenters. The molecule has 7 heteroatoms. The topological polar surface area (TPSA) is 49.6 Å². The second-order valence-electron chi connectivity index (χ2n) is 7.92. The maximum absolute atomic E-state index is 13.5. The molecule has 0 bridgehead atoms. The SMILES string of the molecule is CN(C)CCCNc1ccc2nc(-c3ccccc3)n3c4ccccc4c(=O)c1c23.Cl.Cl. The second kappa shape index (κ2) is 9.74. The van der Waals surface area contributed by atoms with Crippen molar-refractivity contribution >= 4 is 57.8 Å². The molecule has 0 saturated carbocycles. The molecule has 2 heterocycles. The van der Waals surface area contributed by atoms with Gasteiger partial charge in [-0.25, -0.2) is 4.98 Å². The van der Waals surface area contributed by atoms with Gasteiger partial charge < -0.3 is 10.2 Å². The molecule has 5 rings (SSSR count). The molecule has 3 aromatic carbocycles. The van der Waals surface area contributed by atoms with Crippen LogP contribution < -0.4 is 10.7 Å². The van der Waals surface area contributed by atoms with E-state index in [1.54, 1.807) is 0 Å². The fraction of sp³-hybridized carbons (Fsp3) is 0.200. The summed E-state index contributed by atoms with van der Waals surface area (Å²) in [5.41, 5.74) is 4.57. The highest BCUT2D eigenvalue weighted by atomic mass is 35.5. The van der Waals surface area contributed by atoms with Gasteiger partial charge in [0.25, 0.3) is 0 Å². The molecule has 0 spiro atoms. The Morgan fingerprint density at radius 2 is 1.66 bits per heavy atom. The van der Waals surface area contributed by atoms with Crippen LogP contribution in [0.4, 0.5) is 5.69 Å². The van der Waals surface area contributed by atoms with Gasteiger partial charge in [0, 0.05) is 23.2 Å². The quantitative estimate of drug-likeness (QED) is 0.270. The summed E-state index contributed by atoms with van der Waals surface area (Å²) >= 11 is 0. The number of para-hydroxylation sites is 1. The lowest BCUT2D eigenvalue weighted by atomic mass is 10.1. The van der Waals surface area contributed by atoms with Gasteiger partial charge in [-0.2, -0.15) is 0 Å². The summed E-state index contributed by atoms with van der Waals surface area (Å²) in [6, 6.07) is 22.0. The maximum Gasteiger partial charge on any atom is 0.199 e. The summed E-state index contributed by atoms with van der Waals surface area (Å²) in [4.78, 5) is 20.6. The van der Waals surface area contributed by atoms with E-state index in [2.05, 4.69) is 40.8 Å². The number of hydrogen-bond acceptors (Lipinski definition) is 4. The summed E-state index contributed by atoms with van der Waals surface area (Å²) in [6.45, 7) is 1.81.